The highest BCUT2D eigenvalue weighted by molar-refractivity contribution is 6.36. The summed E-state index contributed by atoms with van der Waals surface area (Å²) in [5.74, 6) is -0.499. The molecule has 3 aromatic carbocycles. The lowest BCUT2D eigenvalue weighted by molar-refractivity contribution is -0.140. The number of rotatable bonds is 8. The van der Waals surface area contributed by atoms with E-state index in [1.165, 1.54) is 0 Å². The number of nitrogens with one attached hydrogen (secondary N) is 1. The quantitative estimate of drug-likeness (QED) is 0.449. The van der Waals surface area contributed by atoms with Crippen LogP contribution in [0.2, 0.25) is 15.1 Å². The van der Waals surface area contributed by atoms with Crippen molar-refractivity contribution < 1.29 is 9.59 Å². The van der Waals surface area contributed by atoms with Crippen molar-refractivity contribution in [1.82, 2.24) is 10.2 Å². The average molecular weight is 490 g/mol. The molecule has 0 saturated carbocycles. The van der Waals surface area contributed by atoms with Gasteiger partial charge in [-0.25, -0.2) is 0 Å². The third-order valence-corrected chi connectivity index (χ3v) is 6.13. The number of benzene rings is 3. The summed E-state index contributed by atoms with van der Waals surface area (Å²) in [4.78, 5) is 28.0. The minimum absolute atomic E-state index is 0.0195. The van der Waals surface area contributed by atoms with Gasteiger partial charge < -0.3 is 10.2 Å². The van der Waals surface area contributed by atoms with Gasteiger partial charge in [0.05, 0.1) is 6.42 Å². The Bertz CT molecular complexity index is 1050. The summed E-state index contributed by atoms with van der Waals surface area (Å²) in [6, 6.07) is 21.2. The Morgan fingerprint density at radius 1 is 0.844 bits per heavy atom. The summed E-state index contributed by atoms with van der Waals surface area (Å²) in [5.41, 5.74) is 2.35. The van der Waals surface area contributed by atoms with Crippen molar-refractivity contribution in [3.8, 4) is 0 Å². The molecule has 0 aromatic heterocycles. The number of nitrogens with zero attached hydrogens (tertiary/aromatic N) is 1. The molecule has 3 rings (SSSR count). The molecule has 3 aromatic rings. The number of halogens is 3. The lowest BCUT2D eigenvalue weighted by Gasteiger charge is -2.31. The van der Waals surface area contributed by atoms with Gasteiger partial charge in [0.15, 0.2) is 0 Å². The third kappa shape index (κ3) is 6.26. The van der Waals surface area contributed by atoms with Crippen molar-refractivity contribution in [1.29, 1.82) is 0 Å². The van der Waals surface area contributed by atoms with E-state index < -0.39 is 6.04 Å². The second kappa shape index (κ2) is 11.4. The molecule has 0 aliphatic carbocycles. The van der Waals surface area contributed by atoms with Crippen LogP contribution in [0.1, 0.15) is 16.7 Å². The Balaban J connectivity index is 1.97. The molecule has 0 spiro atoms. The van der Waals surface area contributed by atoms with E-state index in [0.29, 0.717) is 27.1 Å². The molecular formula is C25H23Cl3N2O2. The monoisotopic (exact) mass is 488 g/mol. The first-order valence-electron chi connectivity index (χ1n) is 10.1. The highest BCUT2D eigenvalue weighted by Crippen LogP contribution is 2.26. The fourth-order valence-electron chi connectivity index (χ4n) is 3.46. The van der Waals surface area contributed by atoms with Crippen LogP contribution in [0.3, 0.4) is 0 Å². The molecule has 0 fully saturated rings. The summed E-state index contributed by atoms with van der Waals surface area (Å²) in [5, 5.41) is 4.12. The summed E-state index contributed by atoms with van der Waals surface area (Å²) in [6.07, 6.45) is 0.352. The first-order chi connectivity index (χ1) is 15.4. The van der Waals surface area contributed by atoms with Gasteiger partial charge in [-0.2, -0.15) is 0 Å². The van der Waals surface area contributed by atoms with E-state index in [1.807, 2.05) is 42.5 Å². The van der Waals surface area contributed by atoms with Crippen molar-refractivity contribution in [2.75, 3.05) is 7.05 Å². The van der Waals surface area contributed by atoms with Gasteiger partial charge >= 0.3 is 0 Å². The zero-order valence-corrected chi connectivity index (χ0v) is 19.8. The summed E-state index contributed by atoms with van der Waals surface area (Å²) < 4.78 is 0. The van der Waals surface area contributed by atoms with E-state index >= 15 is 0 Å². The maximum absolute atomic E-state index is 13.5. The van der Waals surface area contributed by atoms with Gasteiger partial charge in [-0.1, -0.05) is 83.3 Å². The van der Waals surface area contributed by atoms with Crippen molar-refractivity contribution in [3.63, 3.8) is 0 Å². The van der Waals surface area contributed by atoms with Gasteiger partial charge in [0.1, 0.15) is 6.04 Å². The predicted molar refractivity (Wildman–Crippen MR) is 130 cm³/mol. The zero-order chi connectivity index (χ0) is 23.1. The molecule has 1 N–H and O–H groups in total. The van der Waals surface area contributed by atoms with Crippen molar-refractivity contribution in [2.24, 2.45) is 0 Å². The number of carbonyl (C=O) groups is 2. The van der Waals surface area contributed by atoms with Crippen LogP contribution in [-0.2, 0) is 29.0 Å². The van der Waals surface area contributed by atoms with E-state index in [9.17, 15) is 9.59 Å². The lowest BCUT2D eigenvalue weighted by Crippen LogP contribution is -2.50. The van der Waals surface area contributed by atoms with Crippen LogP contribution in [0.15, 0.2) is 72.8 Å². The van der Waals surface area contributed by atoms with Gasteiger partial charge in [0, 0.05) is 35.1 Å². The fourth-order valence-corrected chi connectivity index (χ4v) is 4.12. The molecule has 0 heterocycles. The SMILES string of the molecule is CNC(=O)[C@H](Cc1ccccc1)N(Cc1ccc(Cl)cc1)C(=O)Cc1c(Cl)cccc1Cl. The number of hydrogen-bond acceptors (Lipinski definition) is 2. The molecule has 1 atom stereocenters. The Hall–Kier alpha value is -2.53. The highest BCUT2D eigenvalue weighted by atomic mass is 35.5. The van der Waals surface area contributed by atoms with E-state index in [0.717, 1.165) is 11.1 Å². The van der Waals surface area contributed by atoms with Crippen molar-refractivity contribution in [2.45, 2.75) is 25.4 Å². The fraction of sp³-hybridized carbons (Fsp3) is 0.200. The largest absolute Gasteiger partial charge is 0.357 e. The van der Waals surface area contributed by atoms with Crippen molar-refractivity contribution >= 4 is 46.6 Å². The molecule has 0 saturated heterocycles. The van der Waals surface area contributed by atoms with Gasteiger partial charge in [-0.3, -0.25) is 9.59 Å². The summed E-state index contributed by atoms with van der Waals surface area (Å²) in [7, 11) is 1.57. The second-order valence-electron chi connectivity index (χ2n) is 7.34. The average Bonchev–Trinajstić information content (AvgIpc) is 2.80. The van der Waals surface area contributed by atoms with E-state index in [-0.39, 0.29) is 24.8 Å². The van der Waals surface area contributed by atoms with Gasteiger partial charge in [0.2, 0.25) is 11.8 Å². The Labute approximate surface area is 203 Å². The van der Waals surface area contributed by atoms with E-state index in [2.05, 4.69) is 5.32 Å². The minimum atomic E-state index is -0.716. The molecule has 0 unspecified atom stereocenters. The second-order valence-corrected chi connectivity index (χ2v) is 8.60. The maximum Gasteiger partial charge on any atom is 0.242 e. The zero-order valence-electron chi connectivity index (χ0n) is 17.5. The molecular weight excluding hydrogens is 467 g/mol. The van der Waals surface area contributed by atoms with Crippen LogP contribution < -0.4 is 5.32 Å². The van der Waals surface area contributed by atoms with Gasteiger partial charge in [-0.05, 0) is 41.0 Å². The number of amides is 2. The highest BCUT2D eigenvalue weighted by Gasteiger charge is 2.30. The standard InChI is InChI=1S/C25H23Cl3N2O2/c1-29-25(32)23(14-17-6-3-2-4-7-17)30(16-18-10-12-19(26)13-11-18)24(31)15-20-21(27)8-5-9-22(20)28/h2-13,23H,14-16H2,1H3,(H,29,32)/t23-/m0/s1. The maximum atomic E-state index is 13.5. The molecule has 0 aliphatic rings. The normalized spacial score (nSPS) is 11.6. The van der Waals surface area contributed by atoms with Crippen LogP contribution in [0, 0.1) is 0 Å². The summed E-state index contributed by atoms with van der Waals surface area (Å²) in [6.45, 7) is 0.239. The topological polar surface area (TPSA) is 49.4 Å². The van der Waals surface area contributed by atoms with Gasteiger partial charge in [-0.15, -0.1) is 0 Å². The van der Waals surface area contributed by atoms with E-state index in [4.69, 9.17) is 34.8 Å². The van der Waals surface area contributed by atoms with Crippen LogP contribution in [0.5, 0.6) is 0 Å². The van der Waals surface area contributed by atoms with Crippen LogP contribution in [-0.4, -0.2) is 29.8 Å². The molecule has 32 heavy (non-hydrogen) atoms. The van der Waals surface area contributed by atoms with E-state index in [1.54, 1.807) is 42.3 Å². The number of likely N-dealkylation sites (N-methyl/N-ethyl adjacent to an activating group) is 1. The molecule has 0 bridgehead atoms. The molecule has 166 valence electrons. The smallest absolute Gasteiger partial charge is 0.242 e. The van der Waals surface area contributed by atoms with Crippen LogP contribution >= 0.6 is 34.8 Å². The van der Waals surface area contributed by atoms with Gasteiger partial charge in [0.25, 0.3) is 0 Å². The predicted octanol–water partition coefficient (Wildman–Crippen LogP) is 5.58. The third-order valence-electron chi connectivity index (χ3n) is 5.17. The Kier molecular flexibility index (Phi) is 8.57. The Morgan fingerprint density at radius 2 is 1.47 bits per heavy atom. The molecule has 2 amide bonds. The van der Waals surface area contributed by atoms with Crippen molar-refractivity contribution in [3.05, 3.63) is 105 Å². The minimum Gasteiger partial charge on any atom is -0.357 e. The molecule has 0 aliphatic heterocycles. The Morgan fingerprint density at radius 3 is 2.06 bits per heavy atom. The first-order valence-corrected chi connectivity index (χ1v) is 11.2. The van der Waals surface area contributed by atoms with Crippen LogP contribution in [0.25, 0.3) is 0 Å². The number of carbonyl (C=O) groups excluding carboxylic acids is 2. The lowest BCUT2D eigenvalue weighted by atomic mass is 10.0. The van der Waals surface area contributed by atoms with Crippen LogP contribution in [0.4, 0.5) is 0 Å². The molecule has 7 heteroatoms. The number of hydrogen-bond donors (Lipinski definition) is 1. The first kappa shape index (κ1) is 24.1. The molecule has 0 radical (unpaired) electrons. The summed E-state index contributed by atoms with van der Waals surface area (Å²) >= 11 is 18.6. The molecule has 4 nitrogen and oxygen atoms in total.